The van der Waals surface area contributed by atoms with Crippen LogP contribution in [0.3, 0.4) is 0 Å². The number of benzene rings is 3. The second-order valence-electron chi connectivity index (χ2n) is 12.9. The lowest BCUT2D eigenvalue weighted by Crippen LogP contribution is -2.13. The van der Waals surface area contributed by atoms with Crippen molar-refractivity contribution >= 4 is 74.5 Å². The summed E-state index contributed by atoms with van der Waals surface area (Å²) in [6, 6.07) is 39.8. The molecule has 0 unspecified atom stereocenters. The molecule has 7 aromatic rings. The Hall–Kier alpha value is -5.44. The third-order valence-corrected chi connectivity index (χ3v) is 14.4. The van der Waals surface area contributed by atoms with Gasteiger partial charge in [0.05, 0.1) is 24.0 Å². The van der Waals surface area contributed by atoms with Gasteiger partial charge >= 0.3 is 5.97 Å². The molecule has 1 N–H and O–H groups in total. The van der Waals surface area contributed by atoms with Crippen LogP contribution in [0, 0.1) is 11.3 Å². The summed E-state index contributed by atoms with van der Waals surface area (Å²) in [7, 11) is 3.38. The van der Waals surface area contributed by atoms with E-state index in [-0.39, 0.29) is 11.0 Å². The van der Waals surface area contributed by atoms with Crippen molar-refractivity contribution in [1.82, 2.24) is 0 Å². The summed E-state index contributed by atoms with van der Waals surface area (Å²) in [5.41, 5.74) is 6.19. The number of nitrogens with zero attached hydrogens (tertiary/aromatic N) is 2. The lowest BCUT2D eigenvalue weighted by molar-refractivity contribution is -0.132. The van der Waals surface area contributed by atoms with Gasteiger partial charge in [-0.15, -0.1) is 45.3 Å². The summed E-state index contributed by atoms with van der Waals surface area (Å²) >= 11 is 6.69. The molecular formula is C43H32N2O4S4. The van der Waals surface area contributed by atoms with Crippen LogP contribution >= 0.6 is 45.3 Å². The van der Waals surface area contributed by atoms with Crippen molar-refractivity contribution in [3.05, 3.63) is 131 Å². The Morgan fingerprint density at radius 2 is 1.25 bits per heavy atom. The van der Waals surface area contributed by atoms with Crippen LogP contribution < -0.4 is 14.4 Å². The number of ether oxygens (including phenoxy) is 2. The second-order valence-corrected chi connectivity index (χ2v) is 17.1. The number of aliphatic carboxylic acids is 1. The fraction of sp³-hybridized carbons (Fsp3) is 0.116. The molecule has 0 saturated heterocycles. The van der Waals surface area contributed by atoms with Crippen LogP contribution in [-0.4, -0.2) is 25.3 Å². The number of para-hydroxylation sites is 2. The smallest absolute Gasteiger partial charge is 0.346 e. The van der Waals surface area contributed by atoms with Crippen LogP contribution in [0.15, 0.2) is 115 Å². The zero-order valence-corrected chi connectivity index (χ0v) is 32.4. The third-order valence-electron chi connectivity index (χ3n) is 9.39. The molecule has 8 rings (SSSR count). The molecule has 0 bridgehead atoms. The zero-order valence-electron chi connectivity index (χ0n) is 29.2. The van der Waals surface area contributed by atoms with E-state index in [2.05, 4.69) is 110 Å². The fourth-order valence-corrected chi connectivity index (χ4v) is 11.9. The molecule has 0 spiro atoms. The van der Waals surface area contributed by atoms with E-state index in [0.717, 1.165) is 57.6 Å². The summed E-state index contributed by atoms with van der Waals surface area (Å²) in [6.45, 7) is 4.41. The molecular weight excluding hydrogens is 737 g/mol. The summed E-state index contributed by atoms with van der Waals surface area (Å²) in [5, 5.41) is 18.7. The number of rotatable bonds is 10. The first-order valence-corrected chi connectivity index (χ1v) is 20.0. The molecule has 53 heavy (non-hydrogen) atoms. The largest absolute Gasteiger partial charge is 0.491 e. The highest BCUT2D eigenvalue weighted by atomic mass is 32.1. The lowest BCUT2D eigenvalue weighted by Gasteiger charge is -2.25. The maximum absolute atomic E-state index is 11.5. The molecule has 0 amide bonds. The molecule has 3 aromatic carbocycles. The normalized spacial score (nSPS) is 12.9. The van der Waals surface area contributed by atoms with Gasteiger partial charge in [0.2, 0.25) is 0 Å². The average molecular weight is 769 g/mol. The third kappa shape index (κ3) is 6.06. The Kier molecular flexibility index (Phi) is 9.05. The maximum atomic E-state index is 11.5. The van der Waals surface area contributed by atoms with E-state index in [1.807, 2.05) is 18.2 Å². The van der Waals surface area contributed by atoms with Crippen molar-refractivity contribution < 1.29 is 19.4 Å². The molecule has 0 aliphatic heterocycles. The topological polar surface area (TPSA) is 82.8 Å². The maximum Gasteiger partial charge on any atom is 0.346 e. The molecule has 6 nitrogen and oxygen atoms in total. The van der Waals surface area contributed by atoms with Gasteiger partial charge in [0.15, 0.2) is 11.5 Å². The van der Waals surface area contributed by atoms with Crippen LogP contribution in [0.5, 0.6) is 11.5 Å². The Labute approximate surface area is 323 Å². The number of carboxylic acid groups (broad SMARTS) is 1. The van der Waals surface area contributed by atoms with E-state index >= 15 is 0 Å². The van der Waals surface area contributed by atoms with Crippen LogP contribution in [0.1, 0.15) is 29.9 Å². The molecule has 1 aliphatic rings. The zero-order chi connectivity index (χ0) is 36.9. The molecule has 262 valence electrons. The molecule has 4 heterocycles. The van der Waals surface area contributed by atoms with E-state index in [0.29, 0.717) is 5.75 Å². The van der Waals surface area contributed by atoms with Gasteiger partial charge in [-0.1, -0.05) is 62.4 Å². The Morgan fingerprint density at radius 1 is 0.679 bits per heavy atom. The second kappa shape index (κ2) is 13.8. The lowest BCUT2D eigenvalue weighted by atomic mass is 9.84. The van der Waals surface area contributed by atoms with Gasteiger partial charge in [0.25, 0.3) is 0 Å². The van der Waals surface area contributed by atoms with Gasteiger partial charge in [-0.2, -0.15) is 5.26 Å². The number of methoxy groups -OCH3 is 2. The molecule has 0 radical (unpaired) electrons. The van der Waals surface area contributed by atoms with Crippen molar-refractivity contribution in [2.24, 2.45) is 0 Å². The number of nitriles is 1. The highest BCUT2D eigenvalue weighted by molar-refractivity contribution is 7.29. The van der Waals surface area contributed by atoms with Crippen molar-refractivity contribution in [2.45, 2.75) is 19.3 Å². The van der Waals surface area contributed by atoms with Crippen LogP contribution in [-0.2, 0) is 10.2 Å². The van der Waals surface area contributed by atoms with Crippen LogP contribution in [0.25, 0.3) is 45.8 Å². The fourth-order valence-electron chi connectivity index (χ4n) is 6.77. The Balaban J connectivity index is 1.12. The summed E-state index contributed by atoms with van der Waals surface area (Å²) in [5.74, 6) is 0.219. The summed E-state index contributed by atoms with van der Waals surface area (Å²) < 4.78 is 12.0. The predicted octanol–water partition coefficient (Wildman–Crippen LogP) is 12.7. The van der Waals surface area contributed by atoms with E-state index in [4.69, 9.17) is 9.47 Å². The quantitative estimate of drug-likeness (QED) is 0.110. The van der Waals surface area contributed by atoms with Gasteiger partial charge in [-0.3, -0.25) is 0 Å². The monoisotopic (exact) mass is 768 g/mol. The number of anilines is 3. The molecule has 1 aliphatic carbocycles. The van der Waals surface area contributed by atoms with Crippen molar-refractivity contribution in [2.75, 3.05) is 19.1 Å². The number of fused-ring (bicyclic) bond motifs is 3. The van der Waals surface area contributed by atoms with Crippen LogP contribution in [0.4, 0.5) is 17.1 Å². The SMILES string of the molecule is COc1c(-c2ccc(N(c3ccccc3)c3ccccc3)cc2)sc(-c2ccc(-c3cc4c(s3)-c3sc(C=C(C#N)C(=O)O)cc3C4(C)C)s2)c1OC. The van der Waals surface area contributed by atoms with E-state index in [1.54, 1.807) is 54.3 Å². The molecule has 0 fully saturated rings. The van der Waals surface area contributed by atoms with E-state index in [1.165, 1.54) is 38.3 Å². The first-order chi connectivity index (χ1) is 25.7. The summed E-state index contributed by atoms with van der Waals surface area (Å²) in [6.07, 6.45) is 1.47. The average Bonchev–Trinajstić information content (AvgIpc) is 4.00. The highest BCUT2D eigenvalue weighted by Crippen LogP contribution is 2.59. The van der Waals surface area contributed by atoms with Crippen molar-refractivity contribution in [3.8, 4) is 57.3 Å². The van der Waals surface area contributed by atoms with Gasteiger partial charge in [0, 0.05) is 51.7 Å². The van der Waals surface area contributed by atoms with E-state index < -0.39 is 5.97 Å². The van der Waals surface area contributed by atoms with Gasteiger partial charge in [-0.25, -0.2) is 4.79 Å². The minimum atomic E-state index is -1.22. The van der Waals surface area contributed by atoms with Crippen molar-refractivity contribution in [1.29, 1.82) is 5.26 Å². The number of carbonyl (C=O) groups is 1. The first-order valence-electron chi connectivity index (χ1n) is 16.7. The Morgan fingerprint density at radius 3 is 1.85 bits per heavy atom. The molecule has 0 saturated carbocycles. The highest BCUT2D eigenvalue weighted by Gasteiger charge is 2.39. The van der Waals surface area contributed by atoms with Crippen LogP contribution in [0.2, 0.25) is 0 Å². The van der Waals surface area contributed by atoms with Gasteiger partial charge in [-0.05, 0) is 83.4 Å². The predicted molar refractivity (Wildman–Crippen MR) is 221 cm³/mol. The minimum Gasteiger partial charge on any atom is -0.491 e. The number of hydrogen-bond acceptors (Lipinski definition) is 9. The van der Waals surface area contributed by atoms with Gasteiger partial charge < -0.3 is 19.5 Å². The summed E-state index contributed by atoms with van der Waals surface area (Å²) in [4.78, 5) is 22.3. The van der Waals surface area contributed by atoms with E-state index in [9.17, 15) is 15.2 Å². The molecule has 4 aromatic heterocycles. The van der Waals surface area contributed by atoms with Gasteiger partial charge in [0.1, 0.15) is 11.6 Å². The Bertz CT molecular complexity index is 2510. The minimum absolute atomic E-state index is 0.244. The number of thiophene rings is 4. The standard InChI is InChI=1S/C43H32N2O4S4/c1-43(2)31-22-30(21-26(24-44)42(46)47)50-39(31)40-32(43)23-35(52-40)33-19-20-34(51-33)41-37(49-4)36(48-3)38(53-41)25-15-17-29(18-16-25)45(27-11-7-5-8-12-27)28-13-9-6-10-14-28/h5-23H,1-4H3,(H,46,47). The molecule has 0 atom stereocenters. The van der Waals surface area contributed by atoms with Crippen molar-refractivity contribution in [3.63, 3.8) is 0 Å². The first kappa shape index (κ1) is 34.6. The number of carboxylic acids is 1. The molecule has 10 heteroatoms. The number of hydrogen-bond donors (Lipinski definition) is 1.